The molecule has 0 saturated heterocycles. The van der Waals surface area contributed by atoms with Crippen molar-refractivity contribution in [3.05, 3.63) is 45.9 Å². The first kappa shape index (κ1) is 12.1. The maximum Gasteiger partial charge on any atom is 0.269 e. The molecule has 0 saturated carbocycles. The summed E-state index contributed by atoms with van der Waals surface area (Å²) >= 11 is 0. The Kier molecular flexibility index (Phi) is 2.95. The second kappa shape index (κ2) is 4.63. The zero-order chi connectivity index (χ0) is 13.4. The zero-order valence-corrected chi connectivity index (χ0v) is 11.1. The third-order valence-corrected chi connectivity index (χ3v) is 3.59. The Bertz CT molecular complexity index is 729. The second-order valence-corrected chi connectivity index (χ2v) is 4.87. The first-order chi connectivity index (χ1) is 9.16. The van der Waals surface area contributed by atoms with E-state index in [-0.39, 0.29) is 5.56 Å². The van der Waals surface area contributed by atoms with Crippen molar-refractivity contribution < 1.29 is 4.74 Å². The van der Waals surface area contributed by atoms with E-state index in [9.17, 15) is 4.79 Å². The Morgan fingerprint density at radius 1 is 1.37 bits per heavy atom. The van der Waals surface area contributed by atoms with Crippen LogP contribution >= 0.6 is 0 Å². The van der Waals surface area contributed by atoms with Crippen molar-refractivity contribution in [3.63, 3.8) is 0 Å². The molecular weight excluding hydrogens is 240 g/mol. The summed E-state index contributed by atoms with van der Waals surface area (Å²) in [5.41, 5.74) is 5.25. The number of rotatable bonds is 1. The molecule has 0 bridgehead atoms. The summed E-state index contributed by atoms with van der Waals surface area (Å²) in [5, 5.41) is 0. The topological polar surface area (TPSA) is 44.1 Å². The van der Waals surface area contributed by atoms with E-state index < -0.39 is 0 Å². The Morgan fingerprint density at radius 2 is 2.21 bits per heavy atom. The van der Waals surface area contributed by atoms with E-state index in [1.54, 1.807) is 11.6 Å². The van der Waals surface area contributed by atoms with Crippen molar-refractivity contribution in [2.75, 3.05) is 13.2 Å². The molecule has 98 valence electrons. The fourth-order valence-electron chi connectivity index (χ4n) is 2.59. The van der Waals surface area contributed by atoms with Gasteiger partial charge in [0.1, 0.15) is 0 Å². The van der Waals surface area contributed by atoms with Gasteiger partial charge in [-0.05, 0) is 42.2 Å². The molecule has 2 heterocycles. The summed E-state index contributed by atoms with van der Waals surface area (Å²) in [6.07, 6.45) is 4.42. The fraction of sp³-hybridized carbons (Fsp3) is 0.333. The molecule has 4 heteroatoms. The number of benzene rings is 1. The summed E-state index contributed by atoms with van der Waals surface area (Å²) in [5.74, 6) is 0. The number of nitrogens with zero attached hydrogens (tertiary/aromatic N) is 2. The summed E-state index contributed by atoms with van der Waals surface area (Å²) in [4.78, 5) is 15.9. The molecular formula is C15H16N2O2. The Morgan fingerprint density at radius 3 is 2.95 bits per heavy atom. The third kappa shape index (κ3) is 2.08. The van der Waals surface area contributed by atoms with E-state index >= 15 is 0 Å². The first-order valence-electron chi connectivity index (χ1n) is 6.40. The van der Waals surface area contributed by atoms with E-state index in [0.29, 0.717) is 6.61 Å². The van der Waals surface area contributed by atoms with Crippen LogP contribution in [-0.2, 0) is 11.8 Å². The molecule has 1 aliphatic heterocycles. The van der Waals surface area contributed by atoms with Crippen molar-refractivity contribution in [3.8, 4) is 0 Å². The molecule has 3 rings (SSSR count). The number of fused-ring (bicyclic) bond motifs is 1. The first-order valence-corrected chi connectivity index (χ1v) is 6.40. The molecule has 0 spiro atoms. The molecule has 0 unspecified atom stereocenters. The second-order valence-electron chi connectivity index (χ2n) is 4.87. The molecule has 0 N–H and O–H groups in total. The average Bonchev–Trinajstić information content (AvgIpc) is 2.43. The zero-order valence-electron chi connectivity index (χ0n) is 11.1. The Labute approximate surface area is 111 Å². The quantitative estimate of drug-likeness (QED) is 0.784. The van der Waals surface area contributed by atoms with Gasteiger partial charge in [-0.1, -0.05) is 6.08 Å². The van der Waals surface area contributed by atoms with Crippen molar-refractivity contribution in [1.82, 2.24) is 9.55 Å². The number of aromatic nitrogens is 2. The van der Waals surface area contributed by atoms with Crippen LogP contribution < -0.4 is 5.56 Å². The van der Waals surface area contributed by atoms with Crippen molar-refractivity contribution >= 4 is 16.6 Å². The fourth-order valence-corrected chi connectivity index (χ4v) is 2.59. The van der Waals surface area contributed by atoms with Gasteiger partial charge in [0.05, 0.1) is 30.4 Å². The van der Waals surface area contributed by atoms with Crippen LogP contribution in [0.25, 0.3) is 16.6 Å². The molecule has 0 fully saturated rings. The van der Waals surface area contributed by atoms with Crippen molar-refractivity contribution in [1.29, 1.82) is 0 Å². The molecule has 4 nitrogen and oxygen atoms in total. The minimum atomic E-state index is -0.0753. The summed E-state index contributed by atoms with van der Waals surface area (Å²) in [6, 6.07) is 4.18. The standard InChI is InChI=1S/C15H16N2O2/c1-10-7-12(11-3-5-19-6-4-11)8-13-15(10)17(2)14(18)9-16-13/h3,7-9H,4-6H2,1-2H3. The predicted octanol–water partition coefficient (Wildman–Crippen LogP) is 2.05. The van der Waals surface area contributed by atoms with Crippen molar-refractivity contribution in [2.24, 2.45) is 7.05 Å². The van der Waals surface area contributed by atoms with Crippen LogP contribution in [0.1, 0.15) is 17.5 Å². The molecule has 2 aromatic rings. The molecule has 0 radical (unpaired) electrons. The van der Waals surface area contributed by atoms with E-state index in [1.165, 1.54) is 17.3 Å². The maximum absolute atomic E-state index is 11.6. The van der Waals surface area contributed by atoms with Gasteiger partial charge in [-0.3, -0.25) is 4.79 Å². The Balaban J connectivity index is 2.23. The normalized spacial score (nSPS) is 15.6. The van der Waals surface area contributed by atoms with Crippen molar-refractivity contribution in [2.45, 2.75) is 13.3 Å². The number of ether oxygens (including phenoxy) is 1. The molecule has 1 aromatic carbocycles. The van der Waals surface area contributed by atoms with E-state index in [4.69, 9.17) is 4.74 Å². The molecule has 0 atom stereocenters. The number of aryl methyl sites for hydroxylation is 2. The summed E-state index contributed by atoms with van der Waals surface area (Å²) in [6.45, 7) is 3.46. The van der Waals surface area contributed by atoms with Crippen LogP contribution in [0.4, 0.5) is 0 Å². The molecule has 1 aromatic heterocycles. The molecule has 19 heavy (non-hydrogen) atoms. The summed E-state index contributed by atoms with van der Waals surface area (Å²) in [7, 11) is 1.78. The van der Waals surface area contributed by atoms with E-state index in [0.717, 1.165) is 29.6 Å². The summed E-state index contributed by atoms with van der Waals surface area (Å²) < 4.78 is 6.99. The van der Waals surface area contributed by atoms with Crippen LogP contribution in [0.2, 0.25) is 0 Å². The lowest BCUT2D eigenvalue weighted by Crippen LogP contribution is -2.17. The van der Waals surface area contributed by atoms with Gasteiger partial charge in [0.25, 0.3) is 5.56 Å². The van der Waals surface area contributed by atoms with Crippen LogP contribution in [0, 0.1) is 6.92 Å². The lowest BCUT2D eigenvalue weighted by Gasteiger charge is -2.15. The van der Waals surface area contributed by atoms with Gasteiger partial charge >= 0.3 is 0 Å². The van der Waals surface area contributed by atoms with Gasteiger partial charge in [0, 0.05) is 7.05 Å². The highest BCUT2D eigenvalue weighted by atomic mass is 16.5. The van der Waals surface area contributed by atoms with Gasteiger partial charge < -0.3 is 9.30 Å². The largest absolute Gasteiger partial charge is 0.377 e. The lowest BCUT2D eigenvalue weighted by atomic mass is 9.98. The van der Waals surface area contributed by atoms with Gasteiger partial charge in [-0.15, -0.1) is 0 Å². The number of hydrogen-bond acceptors (Lipinski definition) is 3. The minimum absolute atomic E-state index is 0.0753. The third-order valence-electron chi connectivity index (χ3n) is 3.59. The van der Waals surface area contributed by atoms with Crippen LogP contribution in [0.15, 0.2) is 29.2 Å². The van der Waals surface area contributed by atoms with E-state index in [1.807, 2.05) is 6.92 Å². The minimum Gasteiger partial charge on any atom is -0.377 e. The van der Waals surface area contributed by atoms with Crippen LogP contribution in [0.5, 0.6) is 0 Å². The Hall–Kier alpha value is -1.94. The molecule has 0 amide bonds. The van der Waals surface area contributed by atoms with Gasteiger partial charge in [0.15, 0.2) is 0 Å². The van der Waals surface area contributed by atoms with Gasteiger partial charge in [-0.25, -0.2) is 4.98 Å². The predicted molar refractivity (Wildman–Crippen MR) is 75.1 cm³/mol. The highest BCUT2D eigenvalue weighted by Crippen LogP contribution is 2.26. The highest BCUT2D eigenvalue weighted by molar-refractivity contribution is 5.83. The highest BCUT2D eigenvalue weighted by Gasteiger charge is 2.11. The average molecular weight is 256 g/mol. The lowest BCUT2D eigenvalue weighted by molar-refractivity contribution is 0.161. The smallest absolute Gasteiger partial charge is 0.269 e. The van der Waals surface area contributed by atoms with Gasteiger partial charge in [0.2, 0.25) is 0 Å². The molecule has 1 aliphatic rings. The van der Waals surface area contributed by atoms with Gasteiger partial charge in [-0.2, -0.15) is 0 Å². The van der Waals surface area contributed by atoms with E-state index in [2.05, 4.69) is 23.2 Å². The number of hydrogen-bond donors (Lipinski definition) is 0. The monoisotopic (exact) mass is 256 g/mol. The molecule has 0 aliphatic carbocycles. The SMILES string of the molecule is Cc1cc(C2=CCOCC2)cc2ncc(=O)n(C)c12. The maximum atomic E-state index is 11.6. The van der Waals surface area contributed by atoms with Crippen LogP contribution in [-0.4, -0.2) is 22.8 Å². The van der Waals surface area contributed by atoms with Crippen LogP contribution in [0.3, 0.4) is 0 Å².